The van der Waals surface area contributed by atoms with Crippen LogP contribution in [-0.2, 0) is 15.0 Å². The lowest BCUT2D eigenvalue weighted by Crippen LogP contribution is -2.40. The zero-order chi connectivity index (χ0) is 24.5. The van der Waals surface area contributed by atoms with Crippen LogP contribution in [-0.4, -0.2) is 40.2 Å². The number of thiophene rings is 1. The molecule has 1 aliphatic heterocycles. The Morgan fingerprint density at radius 3 is 2.47 bits per heavy atom. The van der Waals surface area contributed by atoms with E-state index in [1.165, 1.54) is 17.5 Å². The Morgan fingerprint density at radius 1 is 1.15 bits per heavy atom. The molecule has 0 spiro atoms. The molecule has 2 N–H and O–H groups in total. The van der Waals surface area contributed by atoms with Crippen molar-refractivity contribution in [2.45, 2.75) is 70.8 Å². The number of likely N-dealkylation sites (tertiary alicyclic amines) is 1. The zero-order valence-corrected chi connectivity index (χ0v) is 21.4. The van der Waals surface area contributed by atoms with Crippen molar-refractivity contribution in [1.29, 1.82) is 0 Å². The number of carbonyl (C=O) groups excluding carboxylic acids is 3. The van der Waals surface area contributed by atoms with Crippen molar-refractivity contribution in [3.8, 4) is 0 Å². The number of nitrogens with one attached hydrogen (secondary N) is 2. The molecular weight excluding hydrogens is 472 g/mol. The first-order valence-electron chi connectivity index (χ1n) is 11.8. The molecule has 4 rings (SSSR count). The van der Waals surface area contributed by atoms with E-state index in [-0.39, 0.29) is 35.1 Å². The van der Waals surface area contributed by atoms with Crippen molar-refractivity contribution in [2.75, 3.05) is 17.2 Å². The van der Waals surface area contributed by atoms with Crippen LogP contribution in [0, 0.1) is 5.92 Å². The normalized spacial score (nSPS) is 20.9. The van der Waals surface area contributed by atoms with Crippen molar-refractivity contribution < 1.29 is 14.4 Å². The third kappa shape index (κ3) is 5.61. The van der Waals surface area contributed by atoms with Gasteiger partial charge in [-0.2, -0.15) is 0 Å². The molecule has 2 fully saturated rings. The molecule has 1 saturated heterocycles. The fourth-order valence-corrected chi connectivity index (χ4v) is 5.76. The molecule has 34 heavy (non-hydrogen) atoms. The third-order valence-corrected chi connectivity index (χ3v) is 8.31. The second-order valence-electron chi connectivity index (χ2n) is 10.1. The molecular formula is C25H31ClN4O3S. The maximum Gasteiger partial charge on any atom is 0.269 e. The van der Waals surface area contributed by atoms with Gasteiger partial charge in [-0.1, -0.05) is 32.4 Å². The summed E-state index contributed by atoms with van der Waals surface area (Å²) >= 11 is 7.27. The summed E-state index contributed by atoms with van der Waals surface area (Å²) in [5.74, 6) is 0.129. The molecule has 3 heterocycles. The number of hydrogen-bond acceptors (Lipinski definition) is 5. The Kier molecular flexibility index (Phi) is 7.28. The summed E-state index contributed by atoms with van der Waals surface area (Å²) < 4.78 is 0. The highest BCUT2D eigenvalue weighted by molar-refractivity contribution is 7.15. The summed E-state index contributed by atoms with van der Waals surface area (Å²) in [4.78, 5) is 45.9. The molecule has 3 amide bonds. The standard InChI is InChI=1S/C25H31ClN4O3S/c1-25(2,3)19-13-18(22(34-19)24(33)29-20-11-8-16(26)14-27-20)28-23(32)15-6-9-17(10-7-15)30-12-4-5-21(30)31/h8,11,13-15,17H,4-7,9-10,12H2,1-3H3,(H,28,32)(H,27,29,33). The van der Waals surface area contributed by atoms with E-state index in [4.69, 9.17) is 11.6 Å². The average molecular weight is 503 g/mol. The predicted molar refractivity (Wildman–Crippen MR) is 136 cm³/mol. The number of carbonyl (C=O) groups is 3. The van der Waals surface area contributed by atoms with E-state index >= 15 is 0 Å². The highest BCUT2D eigenvalue weighted by Crippen LogP contribution is 2.37. The molecule has 2 aromatic rings. The largest absolute Gasteiger partial charge is 0.340 e. The van der Waals surface area contributed by atoms with Crippen LogP contribution in [0.5, 0.6) is 0 Å². The zero-order valence-electron chi connectivity index (χ0n) is 19.8. The fourth-order valence-electron chi connectivity index (χ4n) is 4.58. The van der Waals surface area contributed by atoms with E-state index < -0.39 is 0 Å². The van der Waals surface area contributed by atoms with Crippen LogP contribution in [0.4, 0.5) is 11.5 Å². The molecule has 0 unspecified atom stereocenters. The van der Waals surface area contributed by atoms with Crippen LogP contribution < -0.4 is 10.6 Å². The Hall–Kier alpha value is -2.45. The smallest absolute Gasteiger partial charge is 0.269 e. The van der Waals surface area contributed by atoms with Crippen molar-refractivity contribution in [3.63, 3.8) is 0 Å². The number of nitrogens with zero attached hydrogens (tertiary/aromatic N) is 2. The van der Waals surface area contributed by atoms with Crippen molar-refractivity contribution in [2.24, 2.45) is 5.92 Å². The number of aromatic nitrogens is 1. The minimum absolute atomic E-state index is 0.0666. The van der Waals surface area contributed by atoms with Gasteiger partial charge in [-0.25, -0.2) is 4.98 Å². The van der Waals surface area contributed by atoms with E-state index in [2.05, 4.69) is 36.4 Å². The summed E-state index contributed by atoms with van der Waals surface area (Å²) in [7, 11) is 0. The molecule has 0 aromatic carbocycles. The van der Waals surface area contributed by atoms with Crippen molar-refractivity contribution >= 4 is 52.2 Å². The number of amides is 3. The van der Waals surface area contributed by atoms with Crippen LogP contribution in [0.25, 0.3) is 0 Å². The van der Waals surface area contributed by atoms with Crippen molar-refractivity contribution in [3.05, 3.63) is 39.2 Å². The summed E-state index contributed by atoms with van der Waals surface area (Å²) in [6.45, 7) is 7.07. The summed E-state index contributed by atoms with van der Waals surface area (Å²) in [6, 6.07) is 5.45. The summed E-state index contributed by atoms with van der Waals surface area (Å²) in [5, 5.41) is 6.31. The van der Waals surface area contributed by atoms with Crippen molar-refractivity contribution in [1.82, 2.24) is 9.88 Å². The van der Waals surface area contributed by atoms with Gasteiger partial charge in [0.2, 0.25) is 11.8 Å². The molecule has 1 saturated carbocycles. The van der Waals surface area contributed by atoms with Gasteiger partial charge in [0.1, 0.15) is 10.7 Å². The highest BCUT2D eigenvalue weighted by atomic mass is 35.5. The first-order valence-corrected chi connectivity index (χ1v) is 13.0. The highest BCUT2D eigenvalue weighted by Gasteiger charge is 2.34. The maximum absolute atomic E-state index is 13.1. The Balaban J connectivity index is 1.45. The van der Waals surface area contributed by atoms with Gasteiger partial charge in [0, 0.05) is 36.0 Å². The number of pyridine rings is 1. The molecule has 7 nitrogen and oxygen atoms in total. The summed E-state index contributed by atoms with van der Waals surface area (Å²) in [6.07, 6.45) is 6.22. The van der Waals surface area contributed by atoms with Crippen LogP contribution >= 0.6 is 22.9 Å². The molecule has 0 bridgehead atoms. The Labute approximate surface area is 209 Å². The molecule has 9 heteroatoms. The SMILES string of the molecule is CC(C)(C)c1cc(NC(=O)C2CCC(N3CCCC3=O)CC2)c(C(=O)Nc2ccc(Cl)cn2)s1. The molecule has 1 aliphatic carbocycles. The van der Waals surface area contributed by atoms with Crippen LogP contribution in [0.3, 0.4) is 0 Å². The number of halogens is 1. The van der Waals surface area contributed by atoms with Gasteiger partial charge in [0.05, 0.1) is 10.7 Å². The molecule has 182 valence electrons. The molecule has 2 aromatic heterocycles. The van der Waals surface area contributed by atoms with Crippen LogP contribution in [0.1, 0.15) is 73.8 Å². The quantitative estimate of drug-likeness (QED) is 0.567. The first-order chi connectivity index (χ1) is 16.1. The maximum atomic E-state index is 13.1. The van der Waals surface area contributed by atoms with E-state index in [9.17, 15) is 14.4 Å². The van der Waals surface area contributed by atoms with Gasteiger partial charge >= 0.3 is 0 Å². The van der Waals surface area contributed by atoms with E-state index in [1.807, 2.05) is 11.0 Å². The average Bonchev–Trinajstić information content (AvgIpc) is 3.42. The van der Waals surface area contributed by atoms with Gasteiger partial charge in [-0.3, -0.25) is 14.4 Å². The number of hydrogen-bond donors (Lipinski definition) is 2. The minimum atomic E-state index is -0.318. The monoisotopic (exact) mass is 502 g/mol. The lowest BCUT2D eigenvalue weighted by Gasteiger charge is -2.34. The Bertz CT molecular complexity index is 1070. The third-order valence-electron chi connectivity index (χ3n) is 6.52. The second-order valence-corrected chi connectivity index (χ2v) is 11.6. The fraction of sp³-hybridized carbons (Fsp3) is 0.520. The second kappa shape index (κ2) is 10.0. The van der Waals surface area contributed by atoms with Gasteiger partial charge in [0.25, 0.3) is 5.91 Å². The van der Waals surface area contributed by atoms with Gasteiger partial charge in [-0.05, 0) is 55.7 Å². The predicted octanol–water partition coefficient (Wildman–Crippen LogP) is 5.47. The van der Waals surface area contributed by atoms with Crippen LogP contribution in [0.2, 0.25) is 5.02 Å². The molecule has 0 radical (unpaired) electrons. The lowest BCUT2D eigenvalue weighted by molar-refractivity contribution is -0.130. The van der Waals surface area contributed by atoms with E-state index in [1.54, 1.807) is 12.1 Å². The van der Waals surface area contributed by atoms with Crippen LogP contribution in [0.15, 0.2) is 24.4 Å². The topological polar surface area (TPSA) is 91.4 Å². The minimum Gasteiger partial charge on any atom is -0.340 e. The lowest BCUT2D eigenvalue weighted by atomic mass is 9.84. The molecule has 2 aliphatic rings. The summed E-state index contributed by atoms with van der Waals surface area (Å²) in [5.41, 5.74) is 0.366. The number of rotatable bonds is 5. The van der Waals surface area contributed by atoms with Gasteiger partial charge in [-0.15, -0.1) is 11.3 Å². The van der Waals surface area contributed by atoms with Gasteiger partial charge in [0.15, 0.2) is 0 Å². The first kappa shape index (κ1) is 24.7. The Morgan fingerprint density at radius 2 is 1.88 bits per heavy atom. The van der Waals surface area contributed by atoms with E-state index in [0.717, 1.165) is 43.5 Å². The molecule has 0 atom stereocenters. The van der Waals surface area contributed by atoms with E-state index in [0.29, 0.717) is 27.8 Å². The van der Waals surface area contributed by atoms with Gasteiger partial charge < -0.3 is 15.5 Å². The number of anilines is 2.